The molecular weight excluding hydrogens is 198 g/mol. The largest absolute Gasteiger partial charge is 0.443 e. The summed E-state index contributed by atoms with van der Waals surface area (Å²) in [4.78, 5) is 4.01. The Morgan fingerprint density at radius 2 is 2.07 bits per heavy atom. The zero-order chi connectivity index (χ0) is 10.6. The molecule has 1 aromatic carbocycles. The lowest BCUT2D eigenvalue weighted by Crippen LogP contribution is -1.80. The summed E-state index contributed by atoms with van der Waals surface area (Å²) in [7, 11) is 0. The minimum absolute atomic E-state index is 0.618. The van der Waals surface area contributed by atoms with E-state index in [-0.39, 0.29) is 0 Å². The third-order valence-corrected chi connectivity index (χ3v) is 1.94. The van der Waals surface area contributed by atoms with Crippen molar-refractivity contribution in [2.75, 3.05) is 0 Å². The minimum Gasteiger partial charge on any atom is -0.443 e. The number of oxazole rings is 1. The number of thiol groups is 1. The maximum absolute atomic E-state index is 5.17. The van der Waals surface area contributed by atoms with Gasteiger partial charge in [-0.3, -0.25) is 0 Å². The van der Waals surface area contributed by atoms with E-state index in [4.69, 9.17) is 8.60 Å². The van der Waals surface area contributed by atoms with Crippen LogP contribution in [0.25, 0.3) is 11.1 Å². The lowest BCUT2D eigenvalue weighted by atomic mass is 10.2. The molecule has 0 atom stereocenters. The van der Waals surface area contributed by atoms with E-state index < -0.39 is 0 Å². The van der Waals surface area contributed by atoms with Gasteiger partial charge < -0.3 is 8.60 Å². The smallest absolute Gasteiger partial charge is 0.182 e. The highest BCUT2D eigenvalue weighted by atomic mass is 32.1. The van der Waals surface area contributed by atoms with Crippen molar-refractivity contribution in [3.05, 3.63) is 24.1 Å². The molecule has 1 heterocycles. The van der Waals surface area contributed by atoms with Crippen LogP contribution in [-0.2, 0) is 0 Å². The fraction of sp³-hybridized carbons (Fsp3) is 0.300. The number of aromatic nitrogens is 1. The van der Waals surface area contributed by atoms with Gasteiger partial charge in [0, 0.05) is 12.9 Å². The molecule has 0 N–H and O–H groups in total. The molecule has 2 rings (SSSR count). The topological polar surface area (TPSA) is 35.3 Å². The van der Waals surface area contributed by atoms with Crippen LogP contribution in [0.15, 0.2) is 22.9 Å². The summed E-state index contributed by atoms with van der Waals surface area (Å²) >= 11 is 3.71. The van der Waals surface area contributed by atoms with Crippen LogP contribution in [-0.4, -0.2) is 4.98 Å². The Balaban J connectivity index is 0.000000461. The molecule has 3 nitrogen and oxygen atoms in total. The molecule has 0 spiro atoms. The minimum atomic E-state index is 0.618. The summed E-state index contributed by atoms with van der Waals surface area (Å²) in [6, 6.07) is 3.71. The zero-order valence-electron chi connectivity index (χ0n) is 8.44. The number of fused-ring (bicyclic) bond motifs is 1. The third-order valence-electron chi connectivity index (χ3n) is 1.74. The fourth-order valence-corrected chi connectivity index (χ4v) is 1.28. The number of aryl methyl sites for hydroxylation is 1. The molecule has 0 amide bonds. The Hall–Kier alpha value is -1.16. The number of benzene rings is 1. The van der Waals surface area contributed by atoms with Gasteiger partial charge in [0.1, 0.15) is 0 Å². The number of hydrogen-bond acceptors (Lipinski definition) is 4. The van der Waals surface area contributed by atoms with Gasteiger partial charge in [-0.2, -0.15) is 0 Å². The van der Waals surface area contributed by atoms with Crippen LogP contribution in [0.4, 0.5) is 0 Å². The second-order valence-corrected chi connectivity index (χ2v) is 2.68. The Morgan fingerprint density at radius 1 is 1.36 bits per heavy atom. The van der Waals surface area contributed by atoms with Crippen LogP contribution in [0, 0.1) is 6.92 Å². The van der Waals surface area contributed by atoms with Crippen molar-refractivity contribution in [2.24, 2.45) is 0 Å². The van der Waals surface area contributed by atoms with Crippen LogP contribution in [0.3, 0.4) is 0 Å². The summed E-state index contributed by atoms with van der Waals surface area (Å²) < 4.78 is 9.98. The highest BCUT2D eigenvalue weighted by Gasteiger charge is 2.07. The van der Waals surface area contributed by atoms with E-state index in [0.29, 0.717) is 11.3 Å². The van der Waals surface area contributed by atoms with Crippen LogP contribution < -0.4 is 4.18 Å². The monoisotopic (exact) mass is 211 g/mol. The standard InChI is InChI=1S/C8H7NO2S.C2H6/c1-5-2-3-6(11-12)7-8(5)10-4-9-7;1-2/h2-4,12H,1H3;1-2H3. The molecule has 0 bridgehead atoms. The number of hydrogen-bond donors (Lipinski definition) is 1. The predicted octanol–water partition coefficient (Wildman–Crippen LogP) is 3.39. The molecule has 14 heavy (non-hydrogen) atoms. The molecule has 0 saturated carbocycles. The number of rotatable bonds is 1. The highest BCUT2D eigenvalue weighted by molar-refractivity contribution is 7.75. The van der Waals surface area contributed by atoms with Gasteiger partial charge in [-0.25, -0.2) is 4.98 Å². The van der Waals surface area contributed by atoms with Crippen LogP contribution in [0.2, 0.25) is 0 Å². The molecule has 76 valence electrons. The molecular formula is C10H13NO2S. The Kier molecular flexibility index (Phi) is 3.83. The van der Waals surface area contributed by atoms with Crippen molar-refractivity contribution in [3.8, 4) is 5.75 Å². The van der Waals surface area contributed by atoms with Crippen molar-refractivity contribution in [2.45, 2.75) is 20.8 Å². The van der Waals surface area contributed by atoms with E-state index in [1.165, 1.54) is 6.39 Å². The summed E-state index contributed by atoms with van der Waals surface area (Å²) in [5, 5.41) is 0. The molecule has 0 saturated heterocycles. The molecule has 0 aliphatic rings. The molecule has 0 unspecified atom stereocenters. The second-order valence-electron chi connectivity index (χ2n) is 2.50. The Labute approximate surface area is 88.7 Å². The highest BCUT2D eigenvalue weighted by Crippen LogP contribution is 2.27. The van der Waals surface area contributed by atoms with Gasteiger partial charge in [0.15, 0.2) is 23.2 Å². The van der Waals surface area contributed by atoms with Crippen LogP contribution in [0.1, 0.15) is 19.4 Å². The normalized spacial score (nSPS) is 9.43. The van der Waals surface area contributed by atoms with Crippen molar-refractivity contribution in [3.63, 3.8) is 0 Å². The van der Waals surface area contributed by atoms with Crippen molar-refractivity contribution in [1.82, 2.24) is 4.98 Å². The van der Waals surface area contributed by atoms with E-state index in [9.17, 15) is 0 Å². The Bertz CT molecular complexity index is 411. The lowest BCUT2D eigenvalue weighted by Gasteiger charge is -1.98. The maximum atomic E-state index is 5.17. The van der Waals surface area contributed by atoms with E-state index in [2.05, 4.69) is 17.9 Å². The summed E-state index contributed by atoms with van der Waals surface area (Å²) in [6.45, 7) is 5.95. The van der Waals surface area contributed by atoms with Crippen LogP contribution >= 0.6 is 12.9 Å². The summed E-state index contributed by atoms with van der Waals surface area (Å²) in [5.41, 5.74) is 2.50. The molecule has 0 fully saturated rings. The van der Waals surface area contributed by atoms with Gasteiger partial charge in [-0.05, 0) is 18.6 Å². The molecule has 2 aromatic rings. The van der Waals surface area contributed by atoms with E-state index in [1.54, 1.807) is 0 Å². The van der Waals surface area contributed by atoms with Crippen molar-refractivity contribution in [1.29, 1.82) is 0 Å². The van der Waals surface area contributed by atoms with E-state index >= 15 is 0 Å². The lowest BCUT2D eigenvalue weighted by molar-refractivity contribution is 0.599. The van der Waals surface area contributed by atoms with Gasteiger partial charge in [0.2, 0.25) is 0 Å². The van der Waals surface area contributed by atoms with Gasteiger partial charge in [-0.1, -0.05) is 19.9 Å². The SMILES string of the molecule is CC.Cc1ccc(OS)c2ncoc12. The quantitative estimate of drug-likeness (QED) is 0.580. The molecule has 0 aliphatic heterocycles. The van der Waals surface area contributed by atoms with E-state index in [0.717, 1.165) is 11.1 Å². The average molecular weight is 211 g/mol. The molecule has 0 aliphatic carbocycles. The van der Waals surface area contributed by atoms with Gasteiger partial charge in [-0.15, -0.1) is 0 Å². The van der Waals surface area contributed by atoms with E-state index in [1.807, 2.05) is 32.9 Å². The van der Waals surface area contributed by atoms with Crippen LogP contribution in [0.5, 0.6) is 5.75 Å². The predicted molar refractivity (Wildman–Crippen MR) is 59.7 cm³/mol. The average Bonchev–Trinajstić information content (AvgIpc) is 2.71. The van der Waals surface area contributed by atoms with Crippen molar-refractivity contribution < 1.29 is 8.60 Å². The second kappa shape index (κ2) is 4.91. The third kappa shape index (κ3) is 1.85. The maximum Gasteiger partial charge on any atom is 0.182 e. The van der Waals surface area contributed by atoms with Crippen molar-refractivity contribution >= 4 is 24.0 Å². The van der Waals surface area contributed by atoms with Gasteiger partial charge in [0.25, 0.3) is 0 Å². The number of nitrogens with zero attached hydrogens (tertiary/aromatic N) is 1. The molecule has 1 aromatic heterocycles. The van der Waals surface area contributed by atoms with Gasteiger partial charge in [0.05, 0.1) is 0 Å². The first kappa shape index (κ1) is 10.9. The fourth-order valence-electron chi connectivity index (χ4n) is 1.13. The first-order valence-corrected chi connectivity index (χ1v) is 4.83. The molecule has 4 heteroatoms. The molecule has 0 radical (unpaired) electrons. The Morgan fingerprint density at radius 3 is 2.71 bits per heavy atom. The summed E-state index contributed by atoms with van der Waals surface area (Å²) in [6.07, 6.45) is 1.40. The first-order valence-electron chi connectivity index (χ1n) is 4.47. The van der Waals surface area contributed by atoms with Gasteiger partial charge >= 0.3 is 0 Å². The zero-order valence-corrected chi connectivity index (χ0v) is 9.34. The first-order chi connectivity index (χ1) is 6.83. The summed E-state index contributed by atoms with van der Waals surface area (Å²) in [5.74, 6) is 0.618.